The second kappa shape index (κ2) is 6.10. The van der Waals surface area contributed by atoms with Gasteiger partial charge in [0.2, 0.25) is 0 Å². The Morgan fingerprint density at radius 1 is 1.44 bits per heavy atom. The number of anilines is 1. The van der Waals surface area contributed by atoms with Gasteiger partial charge in [-0.05, 0) is 18.6 Å². The molecule has 0 spiro atoms. The van der Waals surface area contributed by atoms with Gasteiger partial charge in [-0.3, -0.25) is 0 Å². The number of nitrogens with zero attached hydrogens (tertiary/aromatic N) is 2. The average Bonchev–Trinajstić information content (AvgIpc) is 2.29. The number of unbranched alkanes of at least 4 members (excludes halogenated alkanes) is 2. The van der Waals surface area contributed by atoms with E-state index in [2.05, 4.69) is 16.8 Å². The standard InChI is InChI=1S/C12H18N2O2/c1-3-4-5-8-14(2)10-6-7-11(12(15)16)13-9-10/h6-7,9H,3-5,8H2,1-2H3,(H,15,16). The Morgan fingerprint density at radius 3 is 2.69 bits per heavy atom. The van der Waals surface area contributed by atoms with E-state index in [4.69, 9.17) is 5.11 Å². The van der Waals surface area contributed by atoms with Crippen LogP contribution in [0.15, 0.2) is 18.3 Å². The van der Waals surface area contributed by atoms with Gasteiger partial charge in [-0.2, -0.15) is 0 Å². The molecule has 0 saturated carbocycles. The summed E-state index contributed by atoms with van der Waals surface area (Å²) in [5.41, 5.74) is 1.05. The first-order chi connectivity index (χ1) is 7.65. The van der Waals surface area contributed by atoms with Gasteiger partial charge < -0.3 is 10.0 Å². The van der Waals surface area contributed by atoms with Crippen LogP contribution in [-0.2, 0) is 0 Å². The van der Waals surface area contributed by atoms with Crippen LogP contribution < -0.4 is 4.90 Å². The van der Waals surface area contributed by atoms with Crippen molar-refractivity contribution in [2.24, 2.45) is 0 Å². The maximum atomic E-state index is 10.6. The van der Waals surface area contributed by atoms with E-state index in [0.717, 1.165) is 18.7 Å². The van der Waals surface area contributed by atoms with Crippen LogP contribution in [0.2, 0.25) is 0 Å². The molecule has 1 aromatic rings. The van der Waals surface area contributed by atoms with Crippen molar-refractivity contribution < 1.29 is 9.90 Å². The minimum Gasteiger partial charge on any atom is -0.477 e. The first kappa shape index (κ1) is 12.5. The van der Waals surface area contributed by atoms with Crippen LogP contribution in [0.5, 0.6) is 0 Å². The van der Waals surface area contributed by atoms with Crippen LogP contribution in [0.3, 0.4) is 0 Å². The molecule has 0 aromatic carbocycles. The van der Waals surface area contributed by atoms with Crippen LogP contribution in [0.4, 0.5) is 5.69 Å². The minimum atomic E-state index is -0.986. The van der Waals surface area contributed by atoms with E-state index in [1.807, 2.05) is 7.05 Å². The first-order valence-corrected chi connectivity index (χ1v) is 5.55. The third-order valence-electron chi connectivity index (χ3n) is 2.50. The number of pyridine rings is 1. The number of aromatic nitrogens is 1. The number of rotatable bonds is 6. The second-order valence-corrected chi connectivity index (χ2v) is 3.84. The summed E-state index contributed by atoms with van der Waals surface area (Å²) in [7, 11) is 1.99. The summed E-state index contributed by atoms with van der Waals surface area (Å²) in [6, 6.07) is 3.33. The molecule has 1 aromatic heterocycles. The zero-order chi connectivity index (χ0) is 12.0. The Hall–Kier alpha value is -1.58. The molecule has 0 aliphatic heterocycles. The number of aromatic carboxylic acids is 1. The molecular weight excluding hydrogens is 204 g/mol. The van der Waals surface area contributed by atoms with E-state index >= 15 is 0 Å². The van der Waals surface area contributed by atoms with Gasteiger partial charge in [-0.1, -0.05) is 19.8 Å². The van der Waals surface area contributed by atoms with Crippen molar-refractivity contribution in [3.05, 3.63) is 24.0 Å². The maximum absolute atomic E-state index is 10.6. The molecule has 0 saturated heterocycles. The fourth-order valence-corrected chi connectivity index (χ4v) is 1.47. The predicted octanol–water partition coefficient (Wildman–Crippen LogP) is 2.41. The quantitative estimate of drug-likeness (QED) is 0.751. The molecule has 1 heterocycles. The van der Waals surface area contributed by atoms with Gasteiger partial charge >= 0.3 is 5.97 Å². The molecule has 88 valence electrons. The van der Waals surface area contributed by atoms with E-state index in [-0.39, 0.29) is 5.69 Å². The Labute approximate surface area is 95.9 Å². The zero-order valence-corrected chi connectivity index (χ0v) is 9.81. The molecule has 0 atom stereocenters. The first-order valence-electron chi connectivity index (χ1n) is 5.55. The lowest BCUT2D eigenvalue weighted by atomic mass is 10.2. The van der Waals surface area contributed by atoms with Crippen LogP contribution in [0.1, 0.15) is 36.7 Å². The lowest BCUT2D eigenvalue weighted by Gasteiger charge is -2.18. The molecule has 0 aliphatic carbocycles. The summed E-state index contributed by atoms with van der Waals surface area (Å²) < 4.78 is 0. The Kier molecular flexibility index (Phi) is 4.76. The topological polar surface area (TPSA) is 53.4 Å². The number of hydrogen-bond acceptors (Lipinski definition) is 3. The molecule has 0 aliphatic rings. The highest BCUT2D eigenvalue weighted by molar-refractivity contribution is 5.85. The number of carboxylic acids is 1. The Morgan fingerprint density at radius 2 is 2.19 bits per heavy atom. The van der Waals surface area contributed by atoms with Gasteiger partial charge in [0.1, 0.15) is 5.69 Å². The minimum absolute atomic E-state index is 0.0886. The lowest BCUT2D eigenvalue weighted by molar-refractivity contribution is 0.0690. The summed E-state index contributed by atoms with van der Waals surface area (Å²) in [6.45, 7) is 3.14. The number of hydrogen-bond donors (Lipinski definition) is 1. The summed E-state index contributed by atoms with van der Waals surface area (Å²) in [6.07, 6.45) is 5.16. The fourth-order valence-electron chi connectivity index (χ4n) is 1.47. The third-order valence-corrected chi connectivity index (χ3v) is 2.50. The molecule has 0 unspecified atom stereocenters. The fraction of sp³-hybridized carbons (Fsp3) is 0.500. The molecule has 0 bridgehead atoms. The highest BCUT2D eigenvalue weighted by atomic mass is 16.4. The molecule has 0 radical (unpaired) electrons. The van der Waals surface area contributed by atoms with E-state index in [1.54, 1.807) is 12.3 Å². The lowest BCUT2D eigenvalue weighted by Crippen LogP contribution is -2.18. The number of carboxylic acid groups (broad SMARTS) is 1. The monoisotopic (exact) mass is 222 g/mol. The van der Waals surface area contributed by atoms with Gasteiger partial charge in [-0.25, -0.2) is 9.78 Å². The average molecular weight is 222 g/mol. The van der Waals surface area contributed by atoms with E-state index < -0.39 is 5.97 Å². The van der Waals surface area contributed by atoms with Crippen LogP contribution in [-0.4, -0.2) is 29.7 Å². The van der Waals surface area contributed by atoms with Crippen molar-refractivity contribution in [3.8, 4) is 0 Å². The summed E-state index contributed by atoms with van der Waals surface area (Å²) in [5.74, 6) is -0.986. The molecule has 1 rings (SSSR count). The highest BCUT2D eigenvalue weighted by Gasteiger charge is 2.05. The second-order valence-electron chi connectivity index (χ2n) is 3.84. The molecule has 4 heteroatoms. The molecule has 0 amide bonds. The highest BCUT2D eigenvalue weighted by Crippen LogP contribution is 2.12. The molecule has 0 fully saturated rings. The van der Waals surface area contributed by atoms with E-state index in [0.29, 0.717) is 0 Å². The van der Waals surface area contributed by atoms with E-state index in [1.165, 1.54) is 18.9 Å². The van der Waals surface area contributed by atoms with Crippen molar-refractivity contribution >= 4 is 11.7 Å². The van der Waals surface area contributed by atoms with Gasteiger partial charge in [0.15, 0.2) is 0 Å². The van der Waals surface area contributed by atoms with Gasteiger partial charge in [0.05, 0.1) is 11.9 Å². The SMILES string of the molecule is CCCCCN(C)c1ccc(C(=O)O)nc1. The molecule has 4 nitrogen and oxygen atoms in total. The van der Waals surface area contributed by atoms with Crippen molar-refractivity contribution in [1.29, 1.82) is 0 Å². The third kappa shape index (κ3) is 3.53. The smallest absolute Gasteiger partial charge is 0.354 e. The normalized spacial score (nSPS) is 10.1. The Balaban J connectivity index is 2.56. The largest absolute Gasteiger partial charge is 0.477 e. The molecule has 16 heavy (non-hydrogen) atoms. The Bertz CT molecular complexity index is 335. The number of carbonyl (C=O) groups is 1. The maximum Gasteiger partial charge on any atom is 0.354 e. The van der Waals surface area contributed by atoms with Crippen molar-refractivity contribution in [2.45, 2.75) is 26.2 Å². The van der Waals surface area contributed by atoms with Gasteiger partial charge in [0.25, 0.3) is 0 Å². The van der Waals surface area contributed by atoms with Crippen molar-refractivity contribution in [1.82, 2.24) is 4.98 Å². The van der Waals surface area contributed by atoms with Crippen LogP contribution in [0, 0.1) is 0 Å². The molecular formula is C12H18N2O2. The van der Waals surface area contributed by atoms with Crippen LogP contribution in [0.25, 0.3) is 0 Å². The zero-order valence-electron chi connectivity index (χ0n) is 9.81. The van der Waals surface area contributed by atoms with Crippen molar-refractivity contribution in [2.75, 3.05) is 18.5 Å². The summed E-state index contributed by atoms with van der Waals surface area (Å²) in [5, 5.41) is 8.71. The molecule has 1 N–H and O–H groups in total. The van der Waals surface area contributed by atoms with Gasteiger partial charge in [0, 0.05) is 13.6 Å². The van der Waals surface area contributed by atoms with Crippen molar-refractivity contribution in [3.63, 3.8) is 0 Å². The summed E-state index contributed by atoms with van der Waals surface area (Å²) >= 11 is 0. The predicted molar refractivity (Wildman–Crippen MR) is 64.0 cm³/mol. The summed E-state index contributed by atoms with van der Waals surface area (Å²) in [4.78, 5) is 16.6. The van der Waals surface area contributed by atoms with E-state index in [9.17, 15) is 4.79 Å². The van der Waals surface area contributed by atoms with Gasteiger partial charge in [-0.15, -0.1) is 0 Å². The van der Waals surface area contributed by atoms with Crippen LogP contribution >= 0.6 is 0 Å².